The molecule has 49 heavy (non-hydrogen) atoms. The number of aliphatic hydroxyl groups is 1. The molecule has 5 nitrogen and oxygen atoms in total. The van der Waals surface area contributed by atoms with Gasteiger partial charge in [0.15, 0.2) is 6.10 Å². The van der Waals surface area contributed by atoms with Crippen molar-refractivity contribution in [2.45, 2.75) is 232 Å². The molecule has 0 fully saturated rings. The lowest BCUT2D eigenvalue weighted by Gasteiger charge is -2.15. The lowest BCUT2D eigenvalue weighted by atomic mass is 10.0. The van der Waals surface area contributed by atoms with Crippen molar-refractivity contribution in [3.63, 3.8) is 0 Å². The van der Waals surface area contributed by atoms with Crippen molar-refractivity contribution in [1.82, 2.24) is 0 Å². The zero-order valence-electron chi connectivity index (χ0n) is 32.7. The highest BCUT2D eigenvalue weighted by Crippen LogP contribution is 2.16. The first-order valence-corrected chi connectivity index (χ1v) is 21.4. The van der Waals surface area contributed by atoms with Crippen LogP contribution in [0.3, 0.4) is 0 Å². The summed E-state index contributed by atoms with van der Waals surface area (Å²) in [5.41, 5.74) is 0. The first-order chi connectivity index (χ1) is 24.1. The predicted molar refractivity (Wildman–Crippen MR) is 210 cm³/mol. The van der Waals surface area contributed by atoms with Gasteiger partial charge in [0, 0.05) is 12.8 Å². The monoisotopic (exact) mass is 691 g/mol. The van der Waals surface area contributed by atoms with Crippen LogP contribution in [0.4, 0.5) is 0 Å². The van der Waals surface area contributed by atoms with Crippen LogP contribution in [-0.2, 0) is 19.1 Å². The molecule has 5 heteroatoms. The maximum atomic E-state index is 12.2. The maximum absolute atomic E-state index is 12.2. The van der Waals surface area contributed by atoms with Gasteiger partial charge in [-0.2, -0.15) is 0 Å². The molecular weight excluding hydrogens is 608 g/mol. The molecule has 0 heterocycles. The summed E-state index contributed by atoms with van der Waals surface area (Å²) in [6, 6.07) is 0. The van der Waals surface area contributed by atoms with Crippen molar-refractivity contribution in [3.8, 4) is 0 Å². The molecule has 0 amide bonds. The summed E-state index contributed by atoms with van der Waals surface area (Å²) in [5.74, 6) is -0.597. The summed E-state index contributed by atoms with van der Waals surface area (Å²) in [5, 5.41) is 9.56. The van der Waals surface area contributed by atoms with Crippen LogP contribution in [0.5, 0.6) is 0 Å². The Morgan fingerprint density at radius 2 is 0.837 bits per heavy atom. The second-order valence-electron chi connectivity index (χ2n) is 14.4. The van der Waals surface area contributed by atoms with Crippen molar-refractivity contribution in [1.29, 1.82) is 0 Å². The number of aliphatic hydroxyl groups excluding tert-OH is 1. The van der Waals surface area contributed by atoms with Gasteiger partial charge in [-0.3, -0.25) is 9.59 Å². The molecule has 0 radical (unpaired) electrons. The van der Waals surface area contributed by atoms with Gasteiger partial charge in [0.25, 0.3) is 0 Å². The van der Waals surface area contributed by atoms with Crippen LogP contribution in [0.15, 0.2) is 24.3 Å². The number of rotatable bonds is 39. The third-order valence-electron chi connectivity index (χ3n) is 9.50. The number of allylic oxidation sites excluding steroid dienone is 4. The second-order valence-corrected chi connectivity index (χ2v) is 14.4. The highest BCUT2D eigenvalue weighted by atomic mass is 16.6. The minimum Gasteiger partial charge on any atom is -0.462 e. The van der Waals surface area contributed by atoms with E-state index in [9.17, 15) is 14.7 Å². The average molecular weight is 691 g/mol. The standard InChI is InChI=1S/C44H82O5/c1-3-5-7-9-11-13-15-17-19-20-21-22-23-24-25-27-28-30-32-34-36-38-43(46)48-41-42(40-45)49-44(47)39-37-35-33-31-29-26-18-16-14-12-10-8-6-4-2/h10,12,16,18,42,45H,3-9,11,13-15,17,19-41H2,1-2H3/b12-10+,18-16+/t42-/m0/s1. The fraction of sp³-hybridized carbons (Fsp3) is 0.864. The fourth-order valence-electron chi connectivity index (χ4n) is 6.22. The van der Waals surface area contributed by atoms with E-state index in [2.05, 4.69) is 38.2 Å². The minimum atomic E-state index is -0.774. The van der Waals surface area contributed by atoms with Crippen molar-refractivity contribution in [2.75, 3.05) is 13.2 Å². The smallest absolute Gasteiger partial charge is 0.306 e. The fourth-order valence-corrected chi connectivity index (χ4v) is 6.22. The van der Waals surface area contributed by atoms with Crippen LogP contribution in [0.2, 0.25) is 0 Å². The third-order valence-corrected chi connectivity index (χ3v) is 9.50. The Labute approximate surface area is 304 Å². The summed E-state index contributed by atoms with van der Waals surface area (Å²) >= 11 is 0. The lowest BCUT2D eigenvalue weighted by molar-refractivity contribution is -0.161. The number of carbonyl (C=O) groups is 2. The number of hydrogen-bond donors (Lipinski definition) is 1. The van der Waals surface area contributed by atoms with Gasteiger partial charge in [0.05, 0.1) is 6.61 Å². The van der Waals surface area contributed by atoms with Gasteiger partial charge in [-0.05, 0) is 38.5 Å². The molecule has 0 bridgehead atoms. The molecule has 0 aliphatic carbocycles. The highest BCUT2D eigenvalue weighted by molar-refractivity contribution is 5.70. The zero-order valence-corrected chi connectivity index (χ0v) is 32.7. The number of ether oxygens (including phenoxy) is 2. The van der Waals surface area contributed by atoms with E-state index in [0.717, 1.165) is 51.4 Å². The quantitative estimate of drug-likeness (QED) is 0.0395. The molecule has 0 spiro atoms. The van der Waals surface area contributed by atoms with Crippen molar-refractivity contribution >= 4 is 11.9 Å². The molecule has 0 saturated carbocycles. The van der Waals surface area contributed by atoms with Crippen LogP contribution in [-0.4, -0.2) is 36.4 Å². The first-order valence-electron chi connectivity index (χ1n) is 21.4. The summed E-state index contributed by atoms with van der Waals surface area (Å²) < 4.78 is 10.6. The number of unbranched alkanes of at least 4 members (excludes halogenated alkanes) is 27. The molecule has 0 aromatic heterocycles. The Morgan fingerprint density at radius 3 is 1.27 bits per heavy atom. The first kappa shape index (κ1) is 47.4. The molecule has 0 rings (SSSR count). The molecule has 1 N–H and O–H groups in total. The van der Waals surface area contributed by atoms with Gasteiger partial charge in [-0.1, -0.05) is 199 Å². The summed E-state index contributed by atoms with van der Waals surface area (Å²) in [4.78, 5) is 24.3. The largest absolute Gasteiger partial charge is 0.462 e. The Bertz CT molecular complexity index is 746. The van der Waals surface area contributed by atoms with Gasteiger partial charge in [0.1, 0.15) is 6.61 Å². The van der Waals surface area contributed by atoms with E-state index >= 15 is 0 Å². The Hall–Kier alpha value is -1.62. The van der Waals surface area contributed by atoms with E-state index in [4.69, 9.17) is 9.47 Å². The number of esters is 2. The Balaban J connectivity index is 3.49. The molecule has 0 saturated heterocycles. The van der Waals surface area contributed by atoms with Crippen LogP contribution in [0, 0.1) is 0 Å². The zero-order chi connectivity index (χ0) is 35.7. The Kier molecular flexibility index (Phi) is 39.5. The normalized spacial score (nSPS) is 12.3. The van der Waals surface area contributed by atoms with E-state index in [0.29, 0.717) is 12.8 Å². The molecule has 0 aromatic rings. The SMILES string of the molecule is CCCC/C=C/C/C=C/CCCCCCCC(=O)O[C@@H](CO)COC(=O)CCCCCCCCCCCCCCCCCCCCCCC. The summed E-state index contributed by atoms with van der Waals surface area (Å²) in [7, 11) is 0. The van der Waals surface area contributed by atoms with Gasteiger partial charge >= 0.3 is 11.9 Å². The lowest BCUT2D eigenvalue weighted by Crippen LogP contribution is -2.28. The van der Waals surface area contributed by atoms with E-state index in [1.54, 1.807) is 0 Å². The Morgan fingerprint density at radius 1 is 0.469 bits per heavy atom. The van der Waals surface area contributed by atoms with Gasteiger partial charge in [0.2, 0.25) is 0 Å². The molecule has 0 unspecified atom stereocenters. The van der Waals surface area contributed by atoms with E-state index in [-0.39, 0.29) is 25.2 Å². The number of hydrogen-bond acceptors (Lipinski definition) is 5. The van der Waals surface area contributed by atoms with Gasteiger partial charge in [-0.15, -0.1) is 0 Å². The third kappa shape index (κ3) is 39.0. The van der Waals surface area contributed by atoms with Crippen LogP contribution >= 0.6 is 0 Å². The number of carbonyl (C=O) groups excluding carboxylic acids is 2. The molecule has 288 valence electrons. The maximum Gasteiger partial charge on any atom is 0.306 e. The van der Waals surface area contributed by atoms with E-state index in [1.165, 1.54) is 148 Å². The van der Waals surface area contributed by atoms with Gasteiger partial charge < -0.3 is 14.6 Å². The molecule has 0 aliphatic heterocycles. The summed E-state index contributed by atoms with van der Waals surface area (Å²) in [6.45, 7) is 4.11. The molecule has 0 aliphatic rings. The van der Waals surface area contributed by atoms with E-state index < -0.39 is 6.10 Å². The average Bonchev–Trinajstić information content (AvgIpc) is 3.10. The van der Waals surface area contributed by atoms with Gasteiger partial charge in [-0.25, -0.2) is 0 Å². The second kappa shape index (κ2) is 40.8. The minimum absolute atomic E-state index is 0.0671. The predicted octanol–water partition coefficient (Wildman–Crippen LogP) is 13.5. The van der Waals surface area contributed by atoms with Crippen LogP contribution in [0.25, 0.3) is 0 Å². The van der Waals surface area contributed by atoms with Crippen molar-refractivity contribution in [3.05, 3.63) is 24.3 Å². The molecule has 1 atom stereocenters. The highest BCUT2D eigenvalue weighted by Gasteiger charge is 2.16. The van der Waals surface area contributed by atoms with Crippen LogP contribution in [0.1, 0.15) is 226 Å². The molecular formula is C44H82O5. The van der Waals surface area contributed by atoms with Crippen LogP contribution < -0.4 is 0 Å². The van der Waals surface area contributed by atoms with Crippen molar-refractivity contribution in [2.24, 2.45) is 0 Å². The van der Waals surface area contributed by atoms with E-state index in [1.807, 2.05) is 0 Å². The van der Waals surface area contributed by atoms with Crippen molar-refractivity contribution < 1.29 is 24.2 Å². The summed E-state index contributed by atoms with van der Waals surface area (Å²) in [6.07, 6.45) is 48.2. The molecule has 0 aromatic carbocycles. The topological polar surface area (TPSA) is 72.8 Å².